The largest absolute Gasteiger partial charge is 0.508 e. The molecule has 0 heterocycles. The Morgan fingerprint density at radius 2 is 1.78 bits per heavy atom. The summed E-state index contributed by atoms with van der Waals surface area (Å²) in [5.74, 6) is 1.18. The number of hydrogen-bond acceptors (Lipinski definition) is 4. The fraction of sp³-hybridized carbons (Fsp3) is 0.227. The summed E-state index contributed by atoms with van der Waals surface area (Å²) in [5, 5.41) is 15.5. The number of aromatic hydroxyl groups is 1. The van der Waals surface area contributed by atoms with Crippen molar-refractivity contribution in [1.29, 1.82) is 0 Å². The van der Waals surface area contributed by atoms with Crippen molar-refractivity contribution in [1.82, 2.24) is 5.32 Å². The van der Waals surface area contributed by atoms with E-state index in [9.17, 15) is 9.90 Å². The van der Waals surface area contributed by atoms with Crippen LogP contribution >= 0.6 is 0 Å². The first kappa shape index (κ1) is 18.6. The molecule has 0 spiro atoms. The minimum atomic E-state index is -0.525. The molecule has 3 aromatic carbocycles. The van der Waals surface area contributed by atoms with Gasteiger partial charge in [0.15, 0.2) is 11.5 Å². The van der Waals surface area contributed by atoms with Gasteiger partial charge in [0.2, 0.25) is 5.91 Å². The van der Waals surface area contributed by atoms with E-state index in [4.69, 9.17) is 9.47 Å². The van der Waals surface area contributed by atoms with Crippen LogP contribution in [0, 0.1) is 0 Å². The summed E-state index contributed by atoms with van der Waals surface area (Å²) in [7, 11) is 3.14. The minimum Gasteiger partial charge on any atom is -0.508 e. The normalized spacial score (nSPS) is 11.8. The van der Waals surface area contributed by atoms with Crippen LogP contribution in [0.25, 0.3) is 10.8 Å². The second kappa shape index (κ2) is 7.99. The van der Waals surface area contributed by atoms with Crippen LogP contribution in [-0.4, -0.2) is 25.2 Å². The van der Waals surface area contributed by atoms with E-state index in [2.05, 4.69) is 5.32 Å². The molecule has 0 aromatic heterocycles. The smallest absolute Gasteiger partial charge is 0.220 e. The monoisotopic (exact) mass is 365 g/mol. The van der Waals surface area contributed by atoms with Crippen molar-refractivity contribution < 1.29 is 19.4 Å². The number of phenols is 1. The Morgan fingerprint density at radius 1 is 1.04 bits per heavy atom. The van der Waals surface area contributed by atoms with Crippen molar-refractivity contribution in [2.24, 2.45) is 0 Å². The van der Waals surface area contributed by atoms with Crippen LogP contribution in [0.4, 0.5) is 0 Å². The first-order chi connectivity index (χ1) is 13.1. The van der Waals surface area contributed by atoms with E-state index >= 15 is 0 Å². The van der Waals surface area contributed by atoms with E-state index in [0.29, 0.717) is 23.5 Å². The van der Waals surface area contributed by atoms with Crippen molar-refractivity contribution in [2.45, 2.75) is 19.4 Å². The van der Waals surface area contributed by atoms with E-state index in [1.54, 1.807) is 33.3 Å². The Bertz CT molecular complexity index is 968. The molecule has 27 heavy (non-hydrogen) atoms. The molecule has 0 aliphatic carbocycles. The number of amides is 1. The molecule has 0 radical (unpaired) electrons. The molecule has 0 aliphatic rings. The van der Waals surface area contributed by atoms with Crippen molar-refractivity contribution in [3.63, 3.8) is 0 Å². The third-order valence-corrected chi connectivity index (χ3v) is 4.60. The lowest BCUT2D eigenvalue weighted by Crippen LogP contribution is -2.28. The summed E-state index contributed by atoms with van der Waals surface area (Å²) in [5.41, 5.74) is 1.45. The van der Waals surface area contributed by atoms with Crippen LogP contribution in [0.15, 0.2) is 54.6 Å². The molecule has 140 valence electrons. The van der Waals surface area contributed by atoms with Crippen molar-refractivity contribution in [3.05, 3.63) is 65.7 Å². The fourth-order valence-electron chi connectivity index (χ4n) is 3.21. The molecule has 5 heteroatoms. The number of hydrogen-bond donors (Lipinski definition) is 2. The number of fused-ring (bicyclic) bond motifs is 1. The lowest BCUT2D eigenvalue weighted by molar-refractivity contribution is -0.121. The summed E-state index contributed by atoms with van der Waals surface area (Å²) in [6, 6.07) is 16.2. The number of rotatable bonds is 6. The summed E-state index contributed by atoms with van der Waals surface area (Å²) in [4.78, 5) is 12.2. The van der Waals surface area contributed by atoms with E-state index in [-0.39, 0.29) is 11.7 Å². The highest BCUT2D eigenvalue weighted by atomic mass is 16.5. The van der Waals surface area contributed by atoms with Crippen LogP contribution in [0.3, 0.4) is 0 Å². The number of methoxy groups -OCH3 is 2. The number of nitrogens with one attached hydrogen (secondary N) is 1. The maximum atomic E-state index is 12.2. The zero-order valence-corrected chi connectivity index (χ0v) is 15.7. The average Bonchev–Trinajstić information content (AvgIpc) is 2.71. The topological polar surface area (TPSA) is 67.8 Å². The Labute approximate surface area is 158 Å². The standard InChI is InChI=1S/C22H23NO4/c1-4-20(25)23-22(15-10-12-18(26-2)19(13-15)27-3)21-16-8-6-5-7-14(16)9-11-17(21)24/h5-13,22,24H,4H2,1-3H3,(H,23,25)/t22-/m1/s1. The van der Waals surface area contributed by atoms with Crippen LogP contribution in [0.2, 0.25) is 0 Å². The van der Waals surface area contributed by atoms with Gasteiger partial charge in [-0.2, -0.15) is 0 Å². The van der Waals surface area contributed by atoms with Gasteiger partial charge in [0.1, 0.15) is 5.75 Å². The van der Waals surface area contributed by atoms with Crippen molar-refractivity contribution in [2.75, 3.05) is 14.2 Å². The molecule has 0 bridgehead atoms. The van der Waals surface area contributed by atoms with Crippen molar-refractivity contribution in [3.8, 4) is 17.2 Å². The Morgan fingerprint density at radius 3 is 2.48 bits per heavy atom. The van der Waals surface area contributed by atoms with Gasteiger partial charge >= 0.3 is 0 Å². The summed E-state index contributed by atoms with van der Waals surface area (Å²) in [6.45, 7) is 1.80. The van der Waals surface area contributed by atoms with Crippen LogP contribution < -0.4 is 14.8 Å². The average molecular weight is 365 g/mol. The number of phenolic OH excluding ortho intramolecular Hbond substituents is 1. The maximum absolute atomic E-state index is 12.2. The highest BCUT2D eigenvalue weighted by molar-refractivity contribution is 5.89. The first-order valence-electron chi connectivity index (χ1n) is 8.81. The molecular formula is C22H23NO4. The highest BCUT2D eigenvalue weighted by Gasteiger charge is 2.23. The second-order valence-corrected chi connectivity index (χ2v) is 6.19. The highest BCUT2D eigenvalue weighted by Crippen LogP contribution is 2.38. The van der Waals surface area contributed by atoms with Gasteiger partial charge in [-0.05, 0) is 34.5 Å². The SMILES string of the molecule is CCC(=O)N[C@H](c1ccc(OC)c(OC)c1)c1c(O)ccc2ccccc12. The molecule has 0 aliphatic heterocycles. The zero-order chi connectivity index (χ0) is 19.4. The van der Waals surface area contributed by atoms with Gasteiger partial charge in [-0.25, -0.2) is 0 Å². The molecule has 0 saturated heterocycles. The Hall–Kier alpha value is -3.21. The summed E-state index contributed by atoms with van der Waals surface area (Å²) < 4.78 is 10.7. The van der Waals surface area contributed by atoms with Gasteiger partial charge < -0.3 is 19.9 Å². The van der Waals surface area contributed by atoms with Crippen LogP contribution in [-0.2, 0) is 4.79 Å². The van der Waals surface area contributed by atoms with Gasteiger partial charge in [-0.1, -0.05) is 43.3 Å². The number of carbonyl (C=O) groups excluding carboxylic acids is 1. The van der Waals surface area contributed by atoms with Gasteiger partial charge in [0.05, 0.1) is 20.3 Å². The summed E-state index contributed by atoms with van der Waals surface area (Å²) >= 11 is 0. The fourth-order valence-corrected chi connectivity index (χ4v) is 3.21. The van der Waals surface area contributed by atoms with Gasteiger partial charge in [0.25, 0.3) is 0 Å². The first-order valence-corrected chi connectivity index (χ1v) is 8.81. The quantitative estimate of drug-likeness (QED) is 0.688. The predicted octanol–water partition coefficient (Wildman–Crippen LogP) is 4.18. The van der Waals surface area contributed by atoms with Crippen LogP contribution in [0.1, 0.15) is 30.5 Å². The van der Waals surface area contributed by atoms with Crippen LogP contribution in [0.5, 0.6) is 17.2 Å². The predicted molar refractivity (Wildman–Crippen MR) is 105 cm³/mol. The molecule has 2 N–H and O–H groups in total. The number of carbonyl (C=O) groups is 1. The third kappa shape index (κ3) is 3.67. The van der Waals surface area contributed by atoms with E-state index in [1.165, 1.54) is 0 Å². The molecule has 3 aromatic rings. The lowest BCUT2D eigenvalue weighted by Gasteiger charge is -2.23. The Balaban J connectivity index is 2.22. The Kier molecular flexibility index (Phi) is 5.50. The molecule has 0 unspecified atom stereocenters. The lowest BCUT2D eigenvalue weighted by atomic mass is 9.92. The van der Waals surface area contributed by atoms with E-state index < -0.39 is 6.04 Å². The minimum absolute atomic E-state index is 0.109. The number of benzene rings is 3. The van der Waals surface area contributed by atoms with Crippen molar-refractivity contribution >= 4 is 16.7 Å². The van der Waals surface area contributed by atoms with E-state index in [1.807, 2.05) is 42.5 Å². The van der Waals surface area contributed by atoms with E-state index in [0.717, 1.165) is 16.3 Å². The molecule has 1 atom stereocenters. The second-order valence-electron chi connectivity index (χ2n) is 6.19. The molecule has 0 saturated carbocycles. The molecular weight excluding hydrogens is 342 g/mol. The zero-order valence-electron chi connectivity index (χ0n) is 15.7. The van der Waals surface area contributed by atoms with Gasteiger partial charge in [-0.15, -0.1) is 0 Å². The van der Waals surface area contributed by atoms with Gasteiger partial charge in [0, 0.05) is 12.0 Å². The molecule has 5 nitrogen and oxygen atoms in total. The number of ether oxygens (including phenoxy) is 2. The molecule has 0 fully saturated rings. The molecule has 3 rings (SSSR count). The maximum Gasteiger partial charge on any atom is 0.220 e. The summed E-state index contributed by atoms with van der Waals surface area (Å²) in [6.07, 6.45) is 0.343. The molecule has 1 amide bonds. The third-order valence-electron chi connectivity index (χ3n) is 4.60. The van der Waals surface area contributed by atoms with Gasteiger partial charge in [-0.3, -0.25) is 4.79 Å².